The van der Waals surface area contributed by atoms with Gasteiger partial charge in [-0.25, -0.2) is 4.39 Å². The van der Waals surface area contributed by atoms with Crippen LogP contribution in [0, 0.1) is 12.7 Å². The van der Waals surface area contributed by atoms with Crippen LogP contribution in [0.25, 0.3) is 10.9 Å². The van der Waals surface area contributed by atoms with Crippen molar-refractivity contribution in [2.24, 2.45) is 0 Å². The standard InChI is InChI=1S/C24H24F4N2O2/c1-13-9-18(19(25)11-17(13)12-31)14(2)29-22(32)16-5-7-20-15(10-16)6-8-21(30-20)23(3,4)24(26,27)28/h5-11,14,31H,12H2,1-4H3,(H,29,32). The number of hydrogen-bond donors (Lipinski definition) is 2. The summed E-state index contributed by atoms with van der Waals surface area (Å²) in [6.45, 7) is 5.24. The second-order valence-corrected chi connectivity index (χ2v) is 8.38. The molecule has 0 radical (unpaired) electrons. The Morgan fingerprint density at radius 1 is 1.12 bits per heavy atom. The molecule has 1 heterocycles. The van der Waals surface area contributed by atoms with Crippen molar-refractivity contribution in [3.63, 3.8) is 0 Å². The summed E-state index contributed by atoms with van der Waals surface area (Å²) in [5.74, 6) is -0.989. The number of hydrogen-bond acceptors (Lipinski definition) is 3. The van der Waals surface area contributed by atoms with E-state index in [0.717, 1.165) is 13.8 Å². The number of amides is 1. The lowest BCUT2D eigenvalue weighted by Gasteiger charge is -2.27. The molecule has 0 aliphatic heterocycles. The van der Waals surface area contributed by atoms with E-state index in [9.17, 15) is 27.5 Å². The Labute approximate surface area is 183 Å². The summed E-state index contributed by atoms with van der Waals surface area (Å²) in [6.07, 6.45) is -4.45. The first-order valence-corrected chi connectivity index (χ1v) is 10.0. The Kier molecular flexibility index (Phi) is 6.29. The molecule has 3 rings (SSSR count). The van der Waals surface area contributed by atoms with Crippen LogP contribution in [0.5, 0.6) is 0 Å². The Morgan fingerprint density at radius 2 is 1.81 bits per heavy atom. The van der Waals surface area contributed by atoms with Crippen LogP contribution >= 0.6 is 0 Å². The van der Waals surface area contributed by atoms with Crippen LogP contribution in [0.4, 0.5) is 17.6 Å². The molecule has 0 fully saturated rings. The number of aliphatic hydroxyl groups excluding tert-OH is 1. The molecule has 2 aromatic carbocycles. The fourth-order valence-electron chi connectivity index (χ4n) is 3.37. The number of carbonyl (C=O) groups excluding carboxylic acids is 1. The molecule has 1 unspecified atom stereocenters. The number of aromatic nitrogens is 1. The molecule has 0 spiro atoms. The van der Waals surface area contributed by atoms with Gasteiger partial charge in [0.05, 0.1) is 23.9 Å². The number of pyridine rings is 1. The Hall–Kier alpha value is -3.00. The molecule has 2 N–H and O–H groups in total. The van der Waals surface area contributed by atoms with Crippen LogP contribution in [0.2, 0.25) is 0 Å². The average Bonchev–Trinajstić information content (AvgIpc) is 2.73. The van der Waals surface area contributed by atoms with Gasteiger partial charge in [0, 0.05) is 16.5 Å². The number of fused-ring (bicyclic) bond motifs is 1. The van der Waals surface area contributed by atoms with Crippen LogP contribution < -0.4 is 5.32 Å². The van der Waals surface area contributed by atoms with Crippen molar-refractivity contribution in [1.82, 2.24) is 10.3 Å². The van der Waals surface area contributed by atoms with Gasteiger partial charge in [-0.3, -0.25) is 9.78 Å². The van der Waals surface area contributed by atoms with E-state index in [1.54, 1.807) is 19.9 Å². The van der Waals surface area contributed by atoms with E-state index in [-0.39, 0.29) is 23.4 Å². The summed E-state index contributed by atoms with van der Waals surface area (Å²) in [5, 5.41) is 12.5. The average molecular weight is 448 g/mol. The van der Waals surface area contributed by atoms with Crippen LogP contribution in [0.15, 0.2) is 42.5 Å². The summed E-state index contributed by atoms with van der Waals surface area (Å²) in [5.41, 5.74) is -0.140. The number of alkyl halides is 3. The van der Waals surface area contributed by atoms with E-state index in [0.29, 0.717) is 22.0 Å². The number of carbonyl (C=O) groups is 1. The number of aryl methyl sites for hydroxylation is 1. The lowest BCUT2D eigenvalue weighted by atomic mass is 9.87. The lowest BCUT2D eigenvalue weighted by molar-refractivity contribution is -0.181. The highest BCUT2D eigenvalue weighted by Crippen LogP contribution is 2.40. The number of aliphatic hydroxyl groups is 1. The molecule has 0 aliphatic carbocycles. The van der Waals surface area contributed by atoms with Crippen molar-refractivity contribution in [3.8, 4) is 0 Å². The minimum Gasteiger partial charge on any atom is -0.392 e. The molecule has 1 atom stereocenters. The third-order valence-corrected chi connectivity index (χ3v) is 5.74. The van der Waals surface area contributed by atoms with Crippen molar-refractivity contribution < 1.29 is 27.5 Å². The maximum absolute atomic E-state index is 14.4. The van der Waals surface area contributed by atoms with Crippen LogP contribution in [0.3, 0.4) is 0 Å². The zero-order chi connectivity index (χ0) is 23.8. The minimum atomic E-state index is -4.45. The highest BCUT2D eigenvalue weighted by atomic mass is 19.4. The third kappa shape index (κ3) is 4.46. The van der Waals surface area contributed by atoms with Crippen LogP contribution in [-0.4, -0.2) is 22.2 Å². The highest BCUT2D eigenvalue weighted by Gasteiger charge is 2.49. The summed E-state index contributed by atoms with van der Waals surface area (Å²) in [7, 11) is 0. The van der Waals surface area contributed by atoms with Crippen molar-refractivity contribution in [2.75, 3.05) is 0 Å². The second-order valence-electron chi connectivity index (χ2n) is 8.38. The molecule has 32 heavy (non-hydrogen) atoms. The molecule has 8 heteroatoms. The predicted molar refractivity (Wildman–Crippen MR) is 114 cm³/mol. The van der Waals surface area contributed by atoms with Gasteiger partial charge in [-0.1, -0.05) is 12.1 Å². The first-order valence-electron chi connectivity index (χ1n) is 10.0. The van der Waals surface area contributed by atoms with Crippen molar-refractivity contribution in [1.29, 1.82) is 0 Å². The maximum Gasteiger partial charge on any atom is 0.399 e. The quantitative estimate of drug-likeness (QED) is 0.507. The molecule has 3 aromatic rings. The number of benzene rings is 2. The van der Waals surface area contributed by atoms with Crippen LogP contribution in [-0.2, 0) is 12.0 Å². The van der Waals surface area contributed by atoms with E-state index >= 15 is 0 Å². The molecule has 0 saturated heterocycles. The number of nitrogens with zero attached hydrogens (tertiary/aromatic N) is 1. The molecular weight excluding hydrogens is 424 g/mol. The van der Waals surface area contributed by atoms with Crippen molar-refractivity contribution >= 4 is 16.8 Å². The topological polar surface area (TPSA) is 62.2 Å². The van der Waals surface area contributed by atoms with Crippen LogP contribution in [0.1, 0.15) is 59.6 Å². The maximum atomic E-state index is 14.4. The summed E-state index contributed by atoms with van der Waals surface area (Å²) < 4.78 is 54.3. The van der Waals surface area contributed by atoms with Crippen molar-refractivity contribution in [2.45, 2.75) is 51.9 Å². The fraction of sp³-hybridized carbons (Fsp3) is 0.333. The fourth-order valence-corrected chi connectivity index (χ4v) is 3.37. The van der Waals surface area contributed by atoms with Gasteiger partial charge in [-0.2, -0.15) is 13.2 Å². The van der Waals surface area contributed by atoms with E-state index < -0.39 is 29.4 Å². The zero-order valence-electron chi connectivity index (χ0n) is 18.1. The van der Waals surface area contributed by atoms with Gasteiger partial charge in [0.15, 0.2) is 0 Å². The molecule has 4 nitrogen and oxygen atoms in total. The van der Waals surface area contributed by atoms with Gasteiger partial charge in [0.2, 0.25) is 0 Å². The summed E-state index contributed by atoms with van der Waals surface area (Å²) >= 11 is 0. The molecule has 1 aromatic heterocycles. The number of nitrogens with one attached hydrogen (secondary N) is 1. The number of halogens is 4. The van der Waals surface area contributed by atoms with Gasteiger partial charge < -0.3 is 10.4 Å². The SMILES string of the molecule is Cc1cc(C(C)NC(=O)c2ccc3nc(C(C)(C)C(F)(F)F)ccc3c2)c(F)cc1CO. The molecule has 0 saturated carbocycles. The van der Waals surface area contributed by atoms with E-state index in [4.69, 9.17) is 0 Å². The van der Waals surface area contributed by atoms with Crippen molar-refractivity contribution in [3.05, 3.63) is 76.2 Å². The van der Waals surface area contributed by atoms with E-state index in [2.05, 4.69) is 10.3 Å². The summed E-state index contributed by atoms with van der Waals surface area (Å²) in [4.78, 5) is 16.8. The van der Waals surface area contributed by atoms with Gasteiger partial charge >= 0.3 is 6.18 Å². The number of rotatable bonds is 5. The Balaban J connectivity index is 1.85. The smallest absolute Gasteiger partial charge is 0.392 e. The van der Waals surface area contributed by atoms with Gasteiger partial charge in [0.25, 0.3) is 5.91 Å². The molecule has 0 bridgehead atoms. The first-order chi connectivity index (χ1) is 14.8. The zero-order valence-corrected chi connectivity index (χ0v) is 18.1. The predicted octanol–water partition coefficient (Wildman–Crippen LogP) is 5.51. The lowest BCUT2D eigenvalue weighted by Crippen LogP contribution is -2.37. The molecular formula is C24H24F4N2O2. The van der Waals surface area contributed by atoms with Gasteiger partial charge in [-0.15, -0.1) is 0 Å². The van der Waals surface area contributed by atoms with E-state index in [1.807, 2.05) is 0 Å². The molecule has 0 aliphatic rings. The minimum absolute atomic E-state index is 0.111. The molecule has 1 amide bonds. The first kappa shape index (κ1) is 23.7. The third-order valence-electron chi connectivity index (χ3n) is 5.74. The van der Waals surface area contributed by atoms with Gasteiger partial charge in [0.1, 0.15) is 11.2 Å². The monoisotopic (exact) mass is 448 g/mol. The Bertz CT molecular complexity index is 1170. The summed E-state index contributed by atoms with van der Waals surface area (Å²) in [6, 6.07) is 9.49. The molecule has 170 valence electrons. The Morgan fingerprint density at radius 3 is 2.44 bits per heavy atom. The normalized spacial score (nSPS) is 13.3. The highest BCUT2D eigenvalue weighted by molar-refractivity contribution is 5.98. The van der Waals surface area contributed by atoms with E-state index in [1.165, 1.54) is 36.4 Å². The second kappa shape index (κ2) is 8.50. The largest absolute Gasteiger partial charge is 0.399 e. The van der Waals surface area contributed by atoms with Gasteiger partial charge in [-0.05, 0) is 69.2 Å².